The van der Waals surface area contributed by atoms with Crippen LogP contribution >= 0.6 is 0 Å². The summed E-state index contributed by atoms with van der Waals surface area (Å²) in [7, 11) is 0. The zero-order valence-electron chi connectivity index (χ0n) is 12.0. The van der Waals surface area contributed by atoms with E-state index in [1.807, 2.05) is 13.8 Å². The van der Waals surface area contributed by atoms with Gasteiger partial charge in [0.05, 0.1) is 6.61 Å². The molecule has 1 aromatic carbocycles. The van der Waals surface area contributed by atoms with Crippen LogP contribution in [0.3, 0.4) is 0 Å². The Morgan fingerprint density at radius 3 is 2.63 bits per heavy atom. The summed E-state index contributed by atoms with van der Waals surface area (Å²) in [6.45, 7) is 7.83. The smallest absolute Gasteiger partial charge is 0.327 e. The van der Waals surface area contributed by atoms with Gasteiger partial charge in [0.2, 0.25) is 0 Å². The average Bonchev–Trinajstić information content (AvgIpc) is 2.39. The Labute approximate surface area is 114 Å². The van der Waals surface area contributed by atoms with E-state index >= 15 is 0 Å². The lowest BCUT2D eigenvalue weighted by molar-refractivity contribution is -0.146. The van der Waals surface area contributed by atoms with Crippen LogP contribution in [0.5, 0.6) is 0 Å². The van der Waals surface area contributed by atoms with Gasteiger partial charge in [0.25, 0.3) is 0 Å². The number of benzene rings is 1. The third kappa shape index (κ3) is 4.31. The number of rotatable bonds is 6. The van der Waals surface area contributed by atoms with Gasteiger partial charge in [0, 0.05) is 6.04 Å². The van der Waals surface area contributed by atoms with Crippen LogP contribution in [-0.2, 0) is 9.53 Å². The zero-order chi connectivity index (χ0) is 14.4. The Morgan fingerprint density at radius 1 is 1.42 bits per heavy atom. The fraction of sp³-hybridized carbons (Fsp3) is 0.533. The van der Waals surface area contributed by atoms with Crippen molar-refractivity contribution in [3.8, 4) is 0 Å². The summed E-state index contributed by atoms with van der Waals surface area (Å²) in [5.74, 6) is -0.594. The Bertz CT molecular complexity index is 434. The molecule has 0 aliphatic carbocycles. The molecule has 2 unspecified atom stereocenters. The molecule has 1 rings (SSSR count). The molecule has 4 heteroatoms. The van der Waals surface area contributed by atoms with E-state index in [-0.39, 0.29) is 17.8 Å². The SMILES string of the molecule is CCOC(=O)C(NC(C)CC)c1ccc(F)c(C)c1. The van der Waals surface area contributed by atoms with Gasteiger partial charge in [-0.1, -0.05) is 19.1 Å². The van der Waals surface area contributed by atoms with Crippen LogP contribution in [0.2, 0.25) is 0 Å². The van der Waals surface area contributed by atoms with E-state index in [2.05, 4.69) is 5.32 Å². The average molecular weight is 267 g/mol. The normalized spacial score (nSPS) is 13.9. The quantitative estimate of drug-likeness (QED) is 0.805. The maximum Gasteiger partial charge on any atom is 0.327 e. The molecule has 3 nitrogen and oxygen atoms in total. The van der Waals surface area contributed by atoms with Crippen LogP contribution in [0.15, 0.2) is 18.2 Å². The Morgan fingerprint density at radius 2 is 2.11 bits per heavy atom. The summed E-state index contributed by atoms with van der Waals surface area (Å²) in [6, 6.07) is 4.33. The number of hydrogen-bond acceptors (Lipinski definition) is 3. The molecule has 1 aromatic rings. The number of hydrogen-bond donors (Lipinski definition) is 1. The largest absolute Gasteiger partial charge is 0.465 e. The highest BCUT2D eigenvalue weighted by Gasteiger charge is 2.23. The lowest BCUT2D eigenvalue weighted by Crippen LogP contribution is -2.36. The first-order valence-electron chi connectivity index (χ1n) is 6.68. The third-order valence-electron chi connectivity index (χ3n) is 3.10. The van der Waals surface area contributed by atoms with Gasteiger partial charge in [0.1, 0.15) is 11.9 Å². The maximum atomic E-state index is 13.3. The Kier molecular flexibility index (Phi) is 5.96. The second kappa shape index (κ2) is 7.24. The fourth-order valence-corrected chi connectivity index (χ4v) is 1.78. The monoisotopic (exact) mass is 267 g/mol. The molecular weight excluding hydrogens is 245 g/mol. The molecule has 0 bridgehead atoms. The molecule has 2 atom stereocenters. The fourth-order valence-electron chi connectivity index (χ4n) is 1.78. The van der Waals surface area contributed by atoms with Crippen LogP contribution in [0.4, 0.5) is 4.39 Å². The predicted octanol–water partition coefficient (Wildman–Crippen LogP) is 3.13. The first-order chi connectivity index (χ1) is 8.99. The summed E-state index contributed by atoms with van der Waals surface area (Å²) < 4.78 is 18.4. The topological polar surface area (TPSA) is 38.3 Å². The van der Waals surface area contributed by atoms with Gasteiger partial charge >= 0.3 is 5.97 Å². The van der Waals surface area contributed by atoms with Crippen molar-refractivity contribution in [3.05, 3.63) is 35.1 Å². The van der Waals surface area contributed by atoms with Crippen LogP contribution < -0.4 is 5.32 Å². The Hall–Kier alpha value is -1.42. The molecule has 0 radical (unpaired) electrons. The van der Waals surface area contributed by atoms with E-state index in [4.69, 9.17) is 4.74 Å². The molecule has 0 heterocycles. The van der Waals surface area contributed by atoms with Gasteiger partial charge in [-0.15, -0.1) is 0 Å². The third-order valence-corrected chi connectivity index (χ3v) is 3.10. The maximum absolute atomic E-state index is 13.3. The molecule has 0 aliphatic heterocycles. The van der Waals surface area contributed by atoms with E-state index in [9.17, 15) is 9.18 Å². The van der Waals surface area contributed by atoms with Gasteiger partial charge in [0.15, 0.2) is 0 Å². The number of carbonyl (C=O) groups excluding carboxylic acids is 1. The molecule has 0 fully saturated rings. The highest BCUT2D eigenvalue weighted by atomic mass is 19.1. The first kappa shape index (κ1) is 15.6. The highest BCUT2D eigenvalue weighted by molar-refractivity contribution is 5.77. The number of nitrogens with one attached hydrogen (secondary N) is 1. The summed E-state index contributed by atoms with van der Waals surface area (Å²) in [5.41, 5.74) is 1.26. The Balaban J connectivity index is 3.00. The van der Waals surface area contributed by atoms with Crippen molar-refractivity contribution >= 4 is 5.97 Å². The van der Waals surface area contributed by atoms with E-state index in [0.717, 1.165) is 12.0 Å². The lowest BCUT2D eigenvalue weighted by atomic mass is 10.0. The van der Waals surface area contributed by atoms with Gasteiger partial charge < -0.3 is 4.74 Å². The standard InChI is InChI=1S/C15H22FNO2/c1-5-11(4)17-14(15(18)19-6-2)12-7-8-13(16)10(3)9-12/h7-9,11,14,17H,5-6H2,1-4H3. The molecule has 19 heavy (non-hydrogen) atoms. The minimum Gasteiger partial charge on any atom is -0.465 e. The summed E-state index contributed by atoms with van der Waals surface area (Å²) in [4.78, 5) is 12.0. The number of carbonyl (C=O) groups is 1. The number of ether oxygens (including phenoxy) is 1. The van der Waals surface area contributed by atoms with Crippen molar-refractivity contribution in [1.29, 1.82) is 0 Å². The van der Waals surface area contributed by atoms with Crippen molar-refractivity contribution in [2.75, 3.05) is 6.61 Å². The van der Waals surface area contributed by atoms with Crippen LogP contribution in [0.25, 0.3) is 0 Å². The highest BCUT2D eigenvalue weighted by Crippen LogP contribution is 2.19. The minimum absolute atomic E-state index is 0.180. The van der Waals surface area contributed by atoms with Crippen LogP contribution in [0.1, 0.15) is 44.4 Å². The molecule has 0 saturated heterocycles. The van der Waals surface area contributed by atoms with Gasteiger partial charge in [-0.05, 0) is 44.4 Å². The molecule has 0 aromatic heterocycles. The molecule has 1 N–H and O–H groups in total. The predicted molar refractivity (Wildman–Crippen MR) is 73.4 cm³/mol. The summed E-state index contributed by atoms with van der Waals surface area (Å²) in [5, 5.41) is 3.22. The van der Waals surface area contributed by atoms with E-state index in [1.54, 1.807) is 26.0 Å². The van der Waals surface area contributed by atoms with Crippen molar-refractivity contribution in [2.24, 2.45) is 0 Å². The molecular formula is C15H22FNO2. The van der Waals surface area contributed by atoms with Crippen molar-refractivity contribution in [2.45, 2.75) is 46.2 Å². The van der Waals surface area contributed by atoms with Gasteiger partial charge in [-0.2, -0.15) is 0 Å². The van der Waals surface area contributed by atoms with Crippen molar-refractivity contribution in [1.82, 2.24) is 5.32 Å². The van der Waals surface area contributed by atoms with Gasteiger partial charge in [-0.3, -0.25) is 5.32 Å². The number of halogens is 1. The minimum atomic E-state index is -0.547. The second-order valence-corrected chi connectivity index (χ2v) is 4.67. The van der Waals surface area contributed by atoms with E-state index in [0.29, 0.717) is 12.2 Å². The molecule has 0 spiro atoms. The molecule has 0 amide bonds. The summed E-state index contributed by atoms with van der Waals surface area (Å²) >= 11 is 0. The van der Waals surface area contributed by atoms with E-state index in [1.165, 1.54) is 6.07 Å². The van der Waals surface area contributed by atoms with Gasteiger partial charge in [-0.25, -0.2) is 9.18 Å². The summed E-state index contributed by atoms with van der Waals surface area (Å²) in [6.07, 6.45) is 0.899. The van der Waals surface area contributed by atoms with Crippen LogP contribution in [0, 0.1) is 12.7 Å². The van der Waals surface area contributed by atoms with Crippen molar-refractivity contribution in [3.63, 3.8) is 0 Å². The van der Waals surface area contributed by atoms with E-state index < -0.39 is 6.04 Å². The zero-order valence-corrected chi connectivity index (χ0v) is 12.0. The molecule has 0 aliphatic rings. The molecule has 0 saturated carbocycles. The first-order valence-corrected chi connectivity index (χ1v) is 6.68. The number of aryl methyl sites for hydroxylation is 1. The molecule has 106 valence electrons. The lowest BCUT2D eigenvalue weighted by Gasteiger charge is -2.22. The number of esters is 1. The van der Waals surface area contributed by atoms with Crippen molar-refractivity contribution < 1.29 is 13.9 Å². The van der Waals surface area contributed by atoms with Crippen LogP contribution in [-0.4, -0.2) is 18.6 Å². The second-order valence-electron chi connectivity index (χ2n) is 4.67.